The van der Waals surface area contributed by atoms with Crippen LogP contribution in [-0.4, -0.2) is 0 Å². The molecular formula is C17H17F2N. The van der Waals surface area contributed by atoms with Gasteiger partial charge in [0.25, 0.3) is 0 Å². The second-order valence-electron chi connectivity index (χ2n) is 5.34. The van der Waals surface area contributed by atoms with Gasteiger partial charge in [0.05, 0.1) is 6.04 Å². The Balaban J connectivity index is 1.96. The zero-order chi connectivity index (χ0) is 14.1. The second kappa shape index (κ2) is 5.23. The summed E-state index contributed by atoms with van der Waals surface area (Å²) < 4.78 is 27.9. The summed E-state index contributed by atoms with van der Waals surface area (Å²) in [5.41, 5.74) is 2.87. The zero-order valence-electron chi connectivity index (χ0n) is 11.4. The molecule has 1 aliphatic carbocycles. The van der Waals surface area contributed by atoms with Crippen LogP contribution in [0, 0.1) is 18.6 Å². The van der Waals surface area contributed by atoms with Crippen molar-refractivity contribution >= 4 is 5.69 Å². The van der Waals surface area contributed by atoms with E-state index in [1.165, 1.54) is 17.7 Å². The molecule has 3 rings (SSSR count). The summed E-state index contributed by atoms with van der Waals surface area (Å²) in [4.78, 5) is 0. The van der Waals surface area contributed by atoms with Gasteiger partial charge >= 0.3 is 0 Å². The van der Waals surface area contributed by atoms with Crippen LogP contribution in [0.3, 0.4) is 0 Å². The van der Waals surface area contributed by atoms with Crippen LogP contribution >= 0.6 is 0 Å². The molecule has 0 fully saturated rings. The first kappa shape index (κ1) is 13.1. The van der Waals surface area contributed by atoms with E-state index >= 15 is 0 Å². The zero-order valence-corrected chi connectivity index (χ0v) is 11.4. The Labute approximate surface area is 117 Å². The Kier molecular flexibility index (Phi) is 3.43. The van der Waals surface area contributed by atoms with E-state index in [4.69, 9.17) is 0 Å². The molecular weight excluding hydrogens is 256 g/mol. The van der Waals surface area contributed by atoms with Crippen molar-refractivity contribution in [3.8, 4) is 0 Å². The molecule has 1 aliphatic rings. The summed E-state index contributed by atoms with van der Waals surface area (Å²) in [6.07, 6.45) is 2.96. The van der Waals surface area contributed by atoms with Gasteiger partial charge in [-0.1, -0.05) is 30.3 Å². The lowest BCUT2D eigenvalue weighted by molar-refractivity contribution is 0.558. The molecule has 0 saturated heterocycles. The molecule has 1 unspecified atom stereocenters. The van der Waals surface area contributed by atoms with Crippen molar-refractivity contribution in [1.29, 1.82) is 0 Å². The van der Waals surface area contributed by atoms with Gasteiger partial charge in [-0.15, -0.1) is 0 Å². The average Bonchev–Trinajstić information content (AvgIpc) is 2.48. The smallest absolute Gasteiger partial charge is 0.152 e. The average molecular weight is 273 g/mol. The van der Waals surface area contributed by atoms with Crippen LogP contribution in [0.1, 0.15) is 35.6 Å². The quantitative estimate of drug-likeness (QED) is 0.831. The number of hydrogen-bond donors (Lipinski definition) is 1. The Morgan fingerprint density at radius 2 is 1.90 bits per heavy atom. The Hall–Kier alpha value is -1.90. The molecule has 0 aromatic heterocycles. The van der Waals surface area contributed by atoms with Crippen molar-refractivity contribution in [2.24, 2.45) is 0 Å². The Bertz CT molecular complexity index is 637. The first-order valence-corrected chi connectivity index (χ1v) is 6.96. The van der Waals surface area contributed by atoms with Crippen LogP contribution in [-0.2, 0) is 6.42 Å². The normalized spacial score (nSPS) is 17.6. The highest BCUT2D eigenvalue weighted by molar-refractivity contribution is 5.51. The molecule has 0 saturated carbocycles. The predicted molar refractivity (Wildman–Crippen MR) is 76.8 cm³/mol. The minimum absolute atomic E-state index is 0.00768. The van der Waals surface area contributed by atoms with Crippen molar-refractivity contribution in [1.82, 2.24) is 0 Å². The molecule has 2 aromatic rings. The fourth-order valence-electron chi connectivity index (χ4n) is 2.87. The fraction of sp³-hybridized carbons (Fsp3) is 0.294. The van der Waals surface area contributed by atoms with Gasteiger partial charge in [0, 0.05) is 0 Å². The molecule has 0 aliphatic heterocycles. The van der Waals surface area contributed by atoms with Crippen LogP contribution in [0.5, 0.6) is 0 Å². The number of hydrogen-bond acceptors (Lipinski definition) is 1. The summed E-state index contributed by atoms with van der Waals surface area (Å²) >= 11 is 0. The molecule has 0 amide bonds. The fourth-order valence-corrected chi connectivity index (χ4v) is 2.87. The molecule has 1 N–H and O–H groups in total. The number of aryl methyl sites for hydroxylation is 2. The number of halogens is 2. The summed E-state index contributed by atoms with van der Waals surface area (Å²) in [5.74, 6) is -1.02. The third-order valence-electron chi connectivity index (χ3n) is 3.97. The molecule has 0 radical (unpaired) electrons. The lowest BCUT2D eigenvalue weighted by atomic mass is 9.87. The third kappa shape index (κ3) is 2.28. The van der Waals surface area contributed by atoms with E-state index in [0.717, 1.165) is 24.8 Å². The molecule has 20 heavy (non-hydrogen) atoms. The van der Waals surface area contributed by atoms with E-state index in [1.54, 1.807) is 6.92 Å². The van der Waals surface area contributed by atoms with Crippen molar-refractivity contribution < 1.29 is 8.78 Å². The minimum Gasteiger partial charge on any atom is -0.373 e. The molecule has 104 valence electrons. The van der Waals surface area contributed by atoms with Gasteiger partial charge in [0.1, 0.15) is 11.5 Å². The molecule has 0 heterocycles. The third-order valence-corrected chi connectivity index (χ3v) is 3.97. The highest BCUT2D eigenvalue weighted by atomic mass is 19.1. The highest BCUT2D eigenvalue weighted by Crippen LogP contribution is 2.34. The summed E-state index contributed by atoms with van der Waals surface area (Å²) in [6, 6.07) is 10.9. The van der Waals surface area contributed by atoms with Gasteiger partial charge in [-0.05, 0) is 48.9 Å². The molecule has 3 heteroatoms. The number of nitrogens with one attached hydrogen (secondary N) is 1. The first-order chi connectivity index (χ1) is 9.66. The molecule has 2 aromatic carbocycles. The number of fused-ring (bicyclic) bond motifs is 1. The van der Waals surface area contributed by atoms with E-state index in [-0.39, 0.29) is 11.7 Å². The Morgan fingerprint density at radius 1 is 1.10 bits per heavy atom. The van der Waals surface area contributed by atoms with Gasteiger partial charge in [-0.3, -0.25) is 0 Å². The number of rotatable bonds is 2. The standard InChI is InChI=1S/C17H17F2N/c1-11-9-10-14(18)17(16(11)19)20-15-8-4-6-12-5-2-3-7-13(12)15/h2-3,5,7,9-10,15,20H,4,6,8H2,1H3. The maximum absolute atomic E-state index is 14.1. The maximum atomic E-state index is 14.1. The van der Waals surface area contributed by atoms with Crippen molar-refractivity contribution in [2.75, 3.05) is 5.32 Å². The van der Waals surface area contributed by atoms with Gasteiger partial charge < -0.3 is 5.32 Å². The maximum Gasteiger partial charge on any atom is 0.152 e. The lowest BCUT2D eigenvalue weighted by Crippen LogP contribution is -2.18. The Morgan fingerprint density at radius 3 is 2.75 bits per heavy atom. The largest absolute Gasteiger partial charge is 0.373 e. The van der Waals surface area contributed by atoms with Gasteiger partial charge in [-0.2, -0.15) is 0 Å². The molecule has 0 spiro atoms. The lowest BCUT2D eigenvalue weighted by Gasteiger charge is -2.27. The minimum atomic E-state index is -0.531. The van der Waals surface area contributed by atoms with Gasteiger partial charge in [-0.25, -0.2) is 8.78 Å². The van der Waals surface area contributed by atoms with Gasteiger partial charge in [0.2, 0.25) is 0 Å². The van der Waals surface area contributed by atoms with Crippen LogP contribution in [0.4, 0.5) is 14.5 Å². The SMILES string of the molecule is Cc1ccc(F)c(NC2CCCc3ccccc32)c1F. The summed E-state index contributed by atoms with van der Waals surface area (Å²) in [6.45, 7) is 1.65. The van der Waals surface area contributed by atoms with Crippen molar-refractivity contribution in [2.45, 2.75) is 32.2 Å². The summed E-state index contributed by atoms with van der Waals surface area (Å²) in [7, 11) is 0. The molecule has 1 nitrogen and oxygen atoms in total. The van der Waals surface area contributed by atoms with E-state index in [9.17, 15) is 8.78 Å². The topological polar surface area (TPSA) is 12.0 Å². The second-order valence-corrected chi connectivity index (χ2v) is 5.34. The van der Waals surface area contributed by atoms with Crippen molar-refractivity contribution in [3.05, 3.63) is 64.7 Å². The van der Waals surface area contributed by atoms with E-state index < -0.39 is 11.6 Å². The highest BCUT2D eigenvalue weighted by Gasteiger charge is 2.22. The first-order valence-electron chi connectivity index (χ1n) is 6.96. The van der Waals surface area contributed by atoms with Crippen LogP contribution in [0.15, 0.2) is 36.4 Å². The molecule has 0 bridgehead atoms. The monoisotopic (exact) mass is 273 g/mol. The number of benzene rings is 2. The molecule has 1 atom stereocenters. The van der Waals surface area contributed by atoms with E-state index in [2.05, 4.69) is 11.4 Å². The number of anilines is 1. The van der Waals surface area contributed by atoms with Crippen molar-refractivity contribution in [3.63, 3.8) is 0 Å². The van der Waals surface area contributed by atoms with Crippen LogP contribution < -0.4 is 5.32 Å². The van der Waals surface area contributed by atoms with Gasteiger partial charge in [0.15, 0.2) is 5.82 Å². The van der Waals surface area contributed by atoms with E-state index in [0.29, 0.717) is 5.56 Å². The van der Waals surface area contributed by atoms with Crippen LogP contribution in [0.2, 0.25) is 0 Å². The van der Waals surface area contributed by atoms with E-state index in [1.807, 2.05) is 18.2 Å². The predicted octanol–water partition coefficient (Wildman–Crippen LogP) is 4.76. The van der Waals surface area contributed by atoms with Crippen LogP contribution in [0.25, 0.3) is 0 Å². The summed E-state index contributed by atoms with van der Waals surface area (Å²) in [5, 5.41) is 3.06.